The molecule has 0 atom stereocenters. The second-order valence-corrected chi connectivity index (χ2v) is 5.29. The van der Waals surface area contributed by atoms with Gasteiger partial charge in [-0.2, -0.15) is 0 Å². The number of nitrogens with two attached hydrogens (primary N) is 1. The zero-order chi connectivity index (χ0) is 15.7. The van der Waals surface area contributed by atoms with Gasteiger partial charge in [0.15, 0.2) is 11.5 Å². The molecule has 0 unspecified atom stereocenters. The first kappa shape index (κ1) is 17.8. The fraction of sp³-hybridized carbons (Fsp3) is 0.647. The molecule has 0 aliphatic carbocycles. The Kier molecular flexibility index (Phi) is 7.54. The van der Waals surface area contributed by atoms with Gasteiger partial charge in [-0.15, -0.1) is 0 Å². The first-order valence-electron chi connectivity index (χ1n) is 7.89. The summed E-state index contributed by atoms with van der Waals surface area (Å²) in [5.41, 5.74) is 6.05. The first-order valence-corrected chi connectivity index (χ1v) is 7.89. The molecule has 4 nitrogen and oxygen atoms in total. The maximum atomic E-state index is 5.97. The number of benzene rings is 1. The monoisotopic (exact) mass is 294 g/mol. The van der Waals surface area contributed by atoms with Crippen molar-refractivity contribution in [2.24, 2.45) is 5.73 Å². The summed E-state index contributed by atoms with van der Waals surface area (Å²) >= 11 is 0. The lowest BCUT2D eigenvalue weighted by molar-refractivity contribution is 0.0959. The Morgan fingerprint density at radius 2 is 1.62 bits per heavy atom. The van der Waals surface area contributed by atoms with Crippen LogP contribution in [-0.4, -0.2) is 43.8 Å². The fourth-order valence-electron chi connectivity index (χ4n) is 2.61. The van der Waals surface area contributed by atoms with Crippen LogP contribution in [0.25, 0.3) is 0 Å². The van der Waals surface area contributed by atoms with Crippen molar-refractivity contribution in [3.63, 3.8) is 0 Å². The zero-order valence-electron chi connectivity index (χ0n) is 13.9. The molecule has 21 heavy (non-hydrogen) atoms. The third-order valence-electron chi connectivity index (χ3n) is 4.34. The molecular formula is C17H30N2O2. The zero-order valence-corrected chi connectivity index (χ0v) is 13.9. The van der Waals surface area contributed by atoms with Crippen LogP contribution < -0.4 is 15.2 Å². The summed E-state index contributed by atoms with van der Waals surface area (Å²) in [5, 5.41) is 0. The standard InChI is InChI=1S/C17H30N2O2/c1-5-17(6-2,14-18)19(4)12-13-21-16-11-9-8-10-15(16)20-7-3/h8-11H,5-7,12-14,18H2,1-4H3. The smallest absolute Gasteiger partial charge is 0.161 e. The highest BCUT2D eigenvalue weighted by molar-refractivity contribution is 5.39. The topological polar surface area (TPSA) is 47.7 Å². The van der Waals surface area contributed by atoms with Gasteiger partial charge in [0, 0.05) is 18.6 Å². The number of hydrogen-bond acceptors (Lipinski definition) is 4. The van der Waals surface area contributed by atoms with Gasteiger partial charge < -0.3 is 15.2 Å². The van der Waals surface area contributed by atoms with Crippen LogP contribution in [0.2, 0.25) is 0 Å². The molecule has 0 radical (unpaired) electrons. The van der Waals surface area contributed by atoms with Gasteiger partial charge in [-0.25, -0.2) is 0 Å². The molecule has 0 fully saturated rings. The predicted molar refractivity (Wildman–Crippen MR) is 88.1 cm³/mol. The molecule has 2 N–H and O–H groups in total. The quantitative estimate of drug-likeness (QED) is 0.721. The van der Waals surface area contributed by atoms with E-state index >= 15 is 0 Å². The minimum absolute atomic E-state index is 0.0722. The molecule has 0 aromatic heterocycles. The maximum Gasteiger partial charge on any atom is 0.161 e. The highest BCUT2D eigenvalue weighted by Gasteiger charge is 2.28. The second kappa shape index (κ2) is 8.90. The van der Waals surface area contributed by atoms with Gasteiger partial charge >= 0.3 is 0 Å². The van der Waals surface area contributed by atoms with Crippen molar-refractivity contribution in [1.82, 2.24) is 4.90 Å². The lowest BCUT2D eigenvalue weighted by Gasteiger charge is -2.40. The molecule has 0 saturated carbocycles. The van der Waals surface area contributed by atoms with Gasteiger partial charge in [-0.1, -0.05) is 26.0 Å². The summed E-state index contributed by atoms with van der Waals surface area (Å²) in [4.78, 5) is 2.32. The third-order valence-corrected chi connectivity index (χ3v) is 4.34. The van der Waals surface area contributed by atoms with Crippen molar-refractivity contribution in [3.8, 4) is 11.5 Å². The number of ether oxygens (including phenoxy) is 2. The summed E-state index contributed by atoms with van der Waals surface area (Å²) in [6, 6.07) is 7.80. The number of likely N-dealkylation sites (N-methyl/N-ethyl adjacent to an activating group) is 1. The van der Waals surface area contributed by atoms with Crippen LogP contribution in [-0.2, 0) is 0 Å². The van der Waals surface area contributed by atoms with Crippen LogP contribution in [0, 0.1) is 0 Å². The van der Waals surface area contributed by atoms with E-state index in [2.05, 4.69) is 25.8 Å². The molecule has 0 amide bonds. The third kappa shape index (κ3) is 4.61. The summed E-state index contributed by atoms with van der Waals surface area (Å²) in [6.07, 6.45) is 2.10. The van der Waals surface area contributed by atoms with Crippen LogP contribution >= 0.6 is 0 Å². The molecule has 0 aliphatic heterocycles. The maximum absolute atomic E-state index is 5.97. The molecule has 0 heterocycles. The average Bonchev–Trinajstić information content (AvgIpc) is 2.51. The van der Waals surface area contributed by atoms with Gasteiger partial charge in [0.1, 0.15) is 6.61 Å². The van der Waals surface area contributed by atoms with Crippen molar-refractivity contribution in [2.45, 2.75) is 39.2 Å². The van der Waals surface area contributed by atoms with Gasteiger partial charge in [0.2, 0.25) is 0 Å². The van der Waals surface area contributed by atoms with Gasteiger partial charge in [-0.05, 0) is 38.9 Å². The van der Waals surface area contributed by atoms with Crippen LogP contribution in [0.1, 0.15) is 33.6 Å². The number of nitrogens with zero attached hydrogens (tertiary/aromatic N) is 1. The van der Waals surface area contributed by atoms with E-state index in [0.717, 1.165) is 30.9 Å². The Labute approximate surface area is 129 Å². The molecule has 120 valence electrons. The van der Waals surface area contributed by atoms with E-state index in [1.807, 2.05) is 31.2 Å². The Hall–Kier alpha value is -1.26. The van der Waals surface area contributed by atoms with Crippen molar-refractivity contribution in [2.75, 3.05) is 33.4 Å². The molecular weight excluding hydrogens is 264 g/mol. The number of rotatable bonds is 10. The molecule has 1 aromatic carbocycles. The van der Waals surface area contributed by atoms with E-state index in [9.17, 15) is 0 Å². The highest BCUT2D eigenvalue weighted by Crippen LogP contribution is 2.26. The summed E-state index contributed by atoms with van der Waals surface area (Å²) in [6.45, 7) is 9.15. The van der Waals surface area contributed by atoms with Crippen molar-refractivity contribution >= 4 is 0 Å². The molecule has 1 rings (SSSR count). The molecule has 0 spiro atoms. The average molecular weight is 294 g/mol. The summed E-state index contributed by atoms with van der Waals surface area (Å²) in [7, 11) is 2.12. The van der Waals surface area contributed by atoms with E-state index in [1.54, 1.807) is 0 Å². The van der Waals surface area contributed by atoms with E-state index in [-0.39, 0.29) is 5.54 Å². The highest BCUT2D eigenvalue weighted by atomic mass is 16.5. The van der Waals surface area contributed by atoms with Crippen molar-refractivity contribution in [1.29, 1.82) is 0 Å². The first-order chi connectivity index (χ1) is 10.1. The van der Waals surface area contributed by atoms with Crippen LogP contribution in [0.3, 0.4) is 0 Å². The number of para-hydroxylation sites is 2. The molecule has 0 aliphatic rings. The number of hydrogen-bond donors (Lipinski definition) is 1. The Balaban J connectivity index is 2.57. The Bertz CT molecular complexity index is 397. The molecule has 0 saturated heterocycles. The van der Waals surface area contributed by atoms with Crippen LogP contribution in [0.4, 0.5) is 0 Å². The van der Waals surface area contributed by atoms with Gasteiger partial charge in [0.05, 0.1) is 6.61 Å². The molecule has 4 heteroatoms. The van der Waals surface area contributed by atoms with E-state index in [1.165, 1.54) is 0 Å². The summed E-state index contributed by atoms with van der Waals surface area (Å²) < 4.78 is 11.4. The van der Waals surface area contributed by atoms with E-state index in [4.69, 9.17) is 15.2 Å². The Morgan fingerprint density at radius 1 is 1.05 bits per heavy atom. The van der Waals surface area contributed by atoms with Crippen LogP contribution in [0.15, 0.2) is 24.3 Å². The summed E-state index contributed by atoms with van der Waals surface area (Å²) in [5.74, 6) is 1.61. The SMILES string of the molecule is CCOc1ccccc1OCCN(C)C(CC)(CC)CN. The van der Waals surface area contributed by atoms with E-state index < -0.39 is 0 Å². The van der Waals surface area contributed by atoms with Crippen molar-refractivity contribution in [3.05, 3.63) is 24.3 Å². The van der Waals surface area contributed by atoms with Crippen molar-refractivity contribution < 1.29 is 9.47 Å². The minimum Gasteiger partial charge on any atom is -0.490 e. The minimum atomic E-state index is 0.0722. The fourth-order valence-corrected chi connectivity index (χ4v) is 2.61. The van der Waals surface area contributed by atoms with Gasteiger partial charge in [0.25, 0.3) is 0 Å². The van der Waals surface area contributed by atoms with Crippen LogP contribution in [0.5, 0.6) is 11.5 Å². The second-order valence-electron chi connectivity index (χ2n) is 5.29. The molecule has 0 bridgehead atoms. The normalized spacial score (nSPS) is 11.7. The van der Waals surface area contributed by atoms with Gasteiger partial charge in [-0.3, -0.25) is 4.90 Å². The lowest BCUT2D eigenvalue weighted by atomic mass is 9.91. The Morgan fingerprint density at radius 3 is 2.10 bits per heavy atom. The molecule has 1 aromatic rings. The predicted octanol–water partition coefficient (Wildman–Crippen LogP) is 2.91. The largest absolute Gasteiger partial charge is 0.490 e. The van der Waals surface area contributed by atoms with E-state index in [0.29, 0.717) is 19.8 Å². The lowest BCUT2D eigenvalue weighted by Crippen LogP contribution is -2.52.